The van der Waals surface area contributed by atoms with Gasteiger partial charge in [0.05, 0.1) is 25.7 Å². The third kappa shape index (κ3) is 2.79. The Hall–Kier alpha value is -2.63. The first-order chi connectivity index (χ1) is 11.6. The second-order valence-corrected chi connectivity index (χ2v) is 6.00. The monoisotopic (exact) mass is 328 g/mol. The Kier molecular flexibility index (Phi) is 4.38. The van der Waals surface area contributed by atoms with E-state index < -0.39 is 17.5 Å². The van der Waals surface area contributed by atoms with Gasteiger partial charge in [0, 0.05) is 0 Å². The van der Waals surface area contributed by atoms with E-state index in [0.717, 1.165) is 12.0 Å². The van der Waals surface area contributed by atoms with Crippen LogP contribution in [0.4, 0.5) is 0 Å². The zero-order valence-electron chi connectivity index (χ0n) is 13.8. The molecule has 3 rings (SSSR count). The molecule has 0 saturated heterocycles. The number of esters is 2. The van der Waals surface area contributed by atoms with Crippen LogP contribution in [0.25, 0.3) is 0 Å². The average molecular weight is 328 g/mol. The number of hydrogen-bond donors (Lipinski definition) is 0. The highest BCUT2D eigenvalue weighted by atomic mass is 16.6. The van der Waals surface area contributed by atoms with Crippen LogP contribution in [0.2, 0.25) is 0 Å². The molecule has 1 heterocycles. The van der Waals surface area contributed by atoms with E-state index in [1.54, 1.807) is 10.9 Å². The van der Waals surface area contributed by atoms with Gasteiger partial charge in [-0.15, -0.1) is 0 Å². The lowest BCUT2D eigenvalue weighted by Gasteiger charge is -2.37. The van der Waals surface area contributed by atoms with E-state index in [4.69, 9.17) is 9.47 Å². The Balaban J connectivity index is 1.82. The summed E-state index contributed by atoms with van der Waals surface area (Å²) in [6.45, 7) is 1.98. The van der Waals surface area contributed by atoms with Crippen LogP contribution >= 0.6 is 0 Å². The summed E-state index contributed by atoms with van der Waals surface area (Å²) in [5.74, 6) is -1.05. The summed E-state index contributed by atoms with van der Waals surface area (Å²) in [7, 11) is 1.30. The molecule has 2 aromatic rings. The van der Waals surface area contributed by atoms with E-state index in [1.165, 1.54) is 13.3 Å². The molecule has 1 saturated carbocycles. The van der Waals surface area contributed by atoms with Gasteiger partial charge in [-0.05, 0) is 31.7 Å². The number of imidazole rings is 1. The molecule has 6 heteroatoms. The van der Waals surface area contributed by atoms with Gasteiger partial charge in [-0.1, -0.05) is 30.3 Å². The molecule has 0 N–H and O–H groups in total. The number of nitrogens with zero attached hydrogens (tertiary/aromatic N) is 2. The van der Waals surface area contributed by atoms with Gasteiger partial charge in [0.2, 0.25) is 5.60 Å². The summed E-state index contributed by atoms with van der Waals surface area (Å²) >= 11 is 0. The van der Waals surface area contributed by atoms with Crippen LogP contribution < -0.4 is 0 Å². The van der Waals surface area contributed by atoms with Gasteiger partial charge in [-0.3, -0.25) is 0 Å². The number of carbonyl (C=O) groups is 2. The average Bonchev–Trinajstić information content (AvgIpc) is 3.07. The van der Waals surface area contributed by atoms with Crippen molar-refractivity contribution >= 4 is 11.9 Å². The fourth-order valence-electron chi connectivity index (χ4n) is 2.93. The smallest absolute Gasteiger partial charge is 0.357 e. The van der Waals surface area contributed by atoms with Crippen LogP contribution in [0, 0.1) is 0 Å². The molecule has 0 radical (unpaired) electrons. The van der Waals surface area contributed by atoms with Crippen molar-refractivity contribution in [1.82, 2.24) is 9.55 Å². The first-order valence-electron chi connectivity index (χ1n) is 7.96. The number of methoxy groups -OCH3 is 1. The topological polar surface area (TPSA) is 70.4 Å². The van der Waals surface area contributed by atoms with E-state index in [1.807, 2.05) is 37.3 Å². The lowest BCUT2D eigenvalue weighted by Crippen LogP contribution is -2.50. The van der Waals surface area contributed by atoms with E-state index in [9.17, 15) is 9.59 Å². The van der Waals surface area contributed by atoms with Crippen LogP contribution in [-0.2, 0) is 14.3 Å². The highest BCUT2D eigenvalue weighted by Crippen LogP contribution is 2.37. The summed E-state index contributed by atoms with van der Waals surface area (Å²) in [6, 6.07) is 9.73. The van der Waals surface area contributed by atoms with Crippen LogP contribution in [0.3, 0.4) is 0 Å². The van der Waals surface area contributed by atoms with Crippen LogP contribution in [-0.4, -0.2) is 34.2 Å². The Morgan fingerprint density at radius 1 is 1.25 bits per heavy atom. The van der Waals surface area contributed by atoms with Crippen molar-refractivity contribution in [3.63, 3.8) is 0 Å². The number of ether oxygens (including phenoxy) is 2. The third-order valence-electron chi connectivity index (χ3n) is 4.58. The molecular weight excluding hydrogens is 308 g/mol. The first kappa shape index (κ1) is 16.2. The summed E-state index contributed by atoms with van der Waals surface area (Å²) in [5.41, 5.74) is 0.231. The first-order valence-corrected chi connectivity index (χ1v) is 7.96. The third-order valence-corrected chi connectivity index (χ3v) is 4.58. The second kappa shape index (κ2) is 6.47. The maximum atomic E-state index is 12.6. The summed E-state index contributed by atoms with van der Waals surface area (Å²) in [4.78, 5) is 28.6. The van der Waals surface area contributed by atoms with Crippen molar-refractivity contribution in [2.24, 2.45) is 0 Å². The minimum Gasteiger partial charge on any atom is -0.466 e. The van der Waals surface area contributed by atoms with Gasteiger partial charge in [0.25, 0.3) is 0 Å². The lowest BCUT2D eigenvalue weighted by molar-refractivity contribution is -0.172. The molecule has 126 valence electrons. The largest absolute Gasteiger partial charge is 0.466 e. The Morgan fingerprint density at radius 3 is 2.54 bits per heavy atom. The molecule has 1 aromatic carbocycles. The molecule has 1 aromatic heterocycles. The molecular formula is C18H20N2O4. The minimum atomic E-state index is -1.14. The van der Waals surface area contributed by atoms with E-state index >= 15 is 0 Å². The van der Waals surface area contributed by atoms with Crippen molar-refractivity contribution in [2.45, 2.75) is 37.8 Å². The van der Waals surface area contributed by atoms with Gasteiger partial charge < -0.3 is 14.0 Å². The quantitative estimate of drug-likeness (QED) is 0.789. The van der Waals surface area contributed by atoms with Crippen LogP contribution in [0.5, 0.6) is 0 Å². The molecule has 1 aliphatic carbocycles. The molecule has 0 amide bonds. The molecule has 1 fully saturated rings. The van der Waals surface area contributed by atoms with Crippen molar-refractivity contribution in [3.05, 3.63) is 54.1 Å². The van der Waals surface area contributed by atoms with Crippen LogP contribution in [0.1, 0.15) is 48.3 Å². The maximum absolute atomic E-state index is 12.6. The van der Waals surface area contributed by atoms with Gasteiger partial charge >= 0.3 is 11.9 Å². The fraction of sp³-hybridized carbons (Fsp3) is 0.389. The standard InChI is InChI=1S/C18H20N2O4/c1-13(14-7-4-3-5-8-14)20-12-19-11-15(20)16(21)24-18(9-6-10-18)17(22)23-2/h3-5,7-8,11-13H,6,9-10H2,1-2H3. The number of rotatable bonds is 5. The SMILES string of the molecule is COC(=O)C1(OC(=O)c2cncn2C(C)c2ccccc2)CCC1. The summed E-state index contributed by atoms with van der Waals surface area (Å²) in [6.07, 6.45) is 4.88. The highest BCUT2D eigenvalue weighted by Gasteiger charge is 2.49. The molecule has 6 nitrogen and oxygen atoms in total. The van der Waals surface area contributed by atoms with Gasteiger partial charge in [0.1, 0.15) is 5.69 Å². The van der Waals surface area contributed by atoms with Gasteiger partial charge in [-0.2, -0.15) is 0 Å². The number of carbonyl (C=O) groups excluding carboxylic acids is 2. The van der Waals surface area contributed by atoms with Crippen molar-refractivity contribution in [1.29, 1.82) is 0 Å². The zero-order chi connectivity index (χ0) is 17.2. The Bertz CT molecular complexity index is 734. The predicted molar refractivity (Wildman–Crippen MR) is 86.5 cm³/mol. The fourth-order valence-corrected chi connectivity index (χ4v) is 2.93. The Labute approximate surface area is 140 Å². The minimum absolute atomic E-state index is 0.0771. The maximum Gasteiger partial charge on any atom is 0.357 e. The molecule has 24 heavy (non-hydrogen) atoms. The molecule has 1 atom stereocenters. The van der Waals surface area contributed by atoms with Gasteiger partial charge in [-0.25, -0.2) is 14.6 Å². The number of benzene rings is 1. The molecule has 1 aliphatic rings. The summed E-state index contributed by atoms with van der Waals surface area (Å²) < 4.78 is 12.1. The van der Waals surface area contributed by atoms with Crippen molar-refractivity contribution in [3.8, 4) is 0 Å². The van der Waals surface area contributed by atoms with E-state index in [-0.39, 0.29) is 6.04 Å². The highest BCUT2D eigenvalue weighted by molar-refractivity contribution is 5.91. The predicted octanol–water partition coefficient (Wildman–Crippen LogP) is 2.74. The molecule has 0 bridgehead atoms. The van der Waals surface area contributed by atoms with Crippen molar-refractivity contribution < 1.29 is 19.1 Å². The van der Waals surface area contributed by atoms with Gasteiger partial charge in [0.15, 0.2) is 0 Å². The van der Waals surface area contributed by atoms with E-state index in [2.05, 4.69) is 4.98 Å². The summed E-state index contributed by atoms with van der Waals surface area (Å²) in [5, 5.41) is 0. The lowest BCUT2D eigenvalue weighted by atomic mass is 9.80. The number of aromatic nitrogens is 2. The van der Waals surface area contributed by atoms with Crippen molar-refractivity contribution in [2.75, 3.05) is 7.11 Å². The molecule has 0 spiro atoms. The normalized spacial score (nSPS) is 16.8. The molecule has 0 aliphatic heterocycles. The number of hydrogen-bond acceptors (Lipinski definition) is 5. The molecule has 1 unspecified atom stereocenters. The Morgan fingerprint density at radius 2 is 1.96 bits per heavy atom. The van der Waals surface area contributed by atoms with E-state index in [0.29, 0.717) is 18.5 Å². The zero-order valence-corrected chi connectivity index (χ0v) is 13.8. The second-order valence-electron chi connectivity index (χ2n) is 6.00. The van der Waals surface area contributed by atoms with Crippen LogP contribution in [0.15, 0.2) is 42.9 Å².